The average molecular weight is 373 g/mol. The van der Waals surface area contributed by atoms with E-state index < -0.39 is 11.6 Å². The Kier molecular flexibility index (Phi) is 3.67. The Balaban J connectivity index is 2.39. The number of aryl methyl sites for hydroxylation is 1. The SMILES string of the molecule is Cc1ccnc2c1nc(CCl)n2-c1cc(F)c(Br)cc1F. The highest BCUT2D eigenvalue weighted by Crippen LogP contribution is 2.28. The molecule has 0 aliphatic heterocycles. The summed E-state index contributed by atoms with van der Waals surface area (Å²) in [6.07, 6.45) is 1.60. The number of halogens is 4. The minimum absolute atomic E-state index is 0.0342. The van der Waals surface area contributed by atoms with Gasteiger partial charge in [0, 0.05) is 12.3 Å². The van der Waals surface area contributed by atoms with Crippen LogP contribution in [0.3, 0.4) is 0 Å². The lowest BCUT2D eigenvalue weighted by atomic mass is 10.2. The minimum Gasteiger partial charge on any atom is -0.277 e. The van der Waals surface area contributed by atoms with Gasteiger partial charge in [0.25, 0.3) is 0 Å². The van der Waals surface area contributed by atoms with E-state index in [0.29, 0.717) is 17.0 Å². The lowest BCUT2D eigenvalue weighted by Crippen LogP contribution is -2.04. The molecule has 0 spiro atoms. The Hall–Kier alpha value is -1.53. The maximum Gasteiger partial charge on any atom is 0.165 e. The predicted octanol–water partition coefficient (Wildman–Crippen LogP) is 4.51. The van der Waals surface area contributed by atoms with Gasteiger partial charge in [-0.2, -0.15) is 0 Å². The molecule has 0 saturated heterocycles. The van der Waals surface area contributed by atoms with Gasteiger partial charge in [-0.15, -0.1) is 11.6 Å². The molecule has 3 aromatic rings. The van der Waals surface area contributed by atoms with Gasteiger partial charge in [-0.25, -0.2) is 18.7 Å². The molecule has 0 unspecified atom stereocenters. The first-order chi connectivity index (χ1) is 10.0. The highest BCUT2D eigenvalue weighted by atomic mass is 79.9. The molecule has 0 saturated carbocycles. The van der Waals surface area contributed by atoms with Gasteiger partial charge in [-0.05, 0) is 40.5 Å². The second-order valence-electron chi connectivity index (χ2n) is 4.51. The van der Waals surface area contributed by atoms with Crippen LogP contribution in [-0.4, -0.2) is 14.5 Å². The second kappa shape index (κ2) is 5.35. The Morgan fingerprint density at radius 3 is 2.76 bits per heavy atom. The molecule has 3 nitrogen and oxygen atoms in total. The molecule has 3 rings (SSSR count). The number of fused-ring (bicyclic) bond motifs is 1. The Labute approximate surface area is 132 Å². The Morgan fingerprint density at radius 2 is 2.05 bits per heavy atom. The summed E-state index contributed by atoms with van der Waals surface area (Å²) < 4.78 is 29.5. The van der Waals surface area contributed by atoms with Crippen LogP contribution >= 0.6 is 27.5 Å². The Bertz CT molecular complexity index is 848. The van der Waals surface area contributed by atoms with Crippen molar-refractivity contribution in [2.45, 2.75) is 12.8 Å². The van der Waals surface area contributed by atoms with Crippen molar-refractivity contribution < 1.29 is 8.78 Å². The quantitative estimate of drug-likeness (QED) is 0.489. The zero-order chi connectivity index (χ0) is 15.1. The third-order valence-electron chi connectivity index (χ3n) is 3.17. The number of rotatable bonds is 2. The van der Waals surface area contributed by atoms with Crippen LogP contribution in [0.1, 0.15) is 11.4 Å². The van der Waals surface area contributed by atoms with E-state index in [9.17, 15) is 8.78 Å². The normalized spacial score (nSPS) is 11.3. The number of imidazole rings is 1. The largest absolute Gasteiger partial charge is 0.277 e. The van der Waals surface area contributed by atoms with Gasteiger partial charge in [0.2, 0.25) is 0 Å². The number of aromatic nitrogens is 3. The topological polar surface area (TPSA) is 30.7 Å². The fourth-order valence-corrected chi connectivity index (χ4v) is 2.66. The highest BCUT2D eigenvalue weighted by Gasteiger charge is 2.18. The molecule has 108 valence electrons. The maximum atomic E-state index is 14.2. The van der Waals surface area contributed by atoms with Crippen LogP contribution in [0.4, 0.5) is 8.78 Å². The molecule has 0 aliphatic carbocycles. The summed E-state index contributed by atoms with van der Waals surface area (Å²) >= 11 is 8.85. The summed E-state index contributed by atoms with van der Waals surface area (Å²) in [5, 5.41) is 0. The summed E-state index contributed by atoms with van der Waals surface area (Å²) in [7, 11) is 0. The lowest BCUT2D eigenvalue weighted by molar-refractivity contribution is 0.587. The molecule has 1 aromatic carbocycles. The molecule has 21 heavy (non-hydrogen) atoms. The molecule has 0 atom stereocenters. The van der Waals surface area contributed by atoms with Gasteiger partial charge in [0.15, 0.2) is 5.65 Å². The van der Waals surface area contributed by atoms with Crippen molar-refractivity contribution in [2.24, 2.45) is 0 Å². The molecule has 0 radical (unpaired) electrons. The maximum absolute atomic E-state index is 14.2. The van der Waals surface area contributed by atoms with E-state index in [-0.39, 0.29) is 16.0 Å². The molecular formula is C14H9BrClF2N3. The standard InChI is InChI=1S/C14H9BrClF2N3/c1-7-2-3-19-14-13(7)20-12(6-16)21(14)11-5-9(17)8(15)4-10(11)18/h2-5H,6H2,1H3. The number of benzene rings is 1. The second-order valence-corrected chi connectivity index (χ2v) is 5.64. The van der Waals surface area contributed by atoms with Crippen LogP contribution in [-0.2, 0) is 5.88 Å². The first-order valence-electron chi connectivity index (χ1n) is 6.06. The van der Waals surface area contributed by atoms with Gasteiger partial charge in [-0.3, -0.25) is 4.57 Å². The van der Waals surface area contributed by atoms with Gasteiger partial charge in [0.05, 0.1) is 16.0 Å². The van der Waals surface area contributed by atoms with Crippen molar-refractivity contribution in [3.63, 3.8) is 0 Å². The molecule has 7 heteroatoms. The van der Waals surface area contributed by atoms with Crippen molar-refractivity contribution in [3.8, 4) is 5.69 Å². The first-order valence-corrected chi connectivity index (χ1v) is 7.39. The molecule has 0 N–H and O–H groups in total. The van der Waals surface area contributed by atoms with Crippen LogP contribution in [0.15, 0.2) is 28.9 Å². The predicted molar refractivity (Wildman–Crippen MR) is 80.8 cm³/mol. The Morgan fingerprint density at radius 1 is 1.29 bits per heavy atom. The smallest absolute Gasteiger partial charge is 0.165 e. The zero-order valence-corrected chi connectivity index (χ0v) is 13.2. The first kappa shape index (κ1) is 14.4. The zero-order valence-electron chi connectivity index (χ0n) is 10.9. The van der Waals surface area contributed by atoms with Gasteiger partial charge in [-0.1, -0.05) is 0 Å². The summed E-state index contributed by atoms with van der Waals surface area (Å²) in [5.74, 6) is -0.680. The lowest BCUT2D eigenvalue weighted by Gasteiger charge is -2.09. The summed E-state index contributed by atoms with van der Waals surface area (Å²) in [6.45, 7) is 1.87. The number of hydrogen-bond donors (Lipinski definition) is 0. The van der Waals surface area contributed by atoms with Crippen molar-refractivity contribution in [3.05, 3.63) is 51.9 Å². The van der Waals surface area contributed by atoms with Gasteiger partial charge < -0.3 is 0 Å². The number of pyridine rings is 1. The third-order valence-corrected chi connectivity index (χ3v) is 4.01. The fraction of sp³-hybridized carbons (Fsp3) is 0.143. The van der Waals surface area contributed by atoms with E-state index in [2.05, 4.69) is 25.9 Å². The average Bonchev–Trinajstić information content (AvgIpc) is 2.83. The molecule has 0 fully saturated rings. The van der Waals surface area contributed by atoms with E-state index in [1.165, 1.54) is 4.57 Å². The fourth-order valence-electron chi connectivity index (χ4n) is 2.17. The number of nitrogens with zero attached hydrogens (tertiary/aromatic N) is 3. The summed E-state index contributed by atoms with van der Waals surface area (Å²) in [5.41, 5.74) is 2.00. The highest BCUT2D eigenvalue weighted by molar-refractivity contribution is 9.10. The van der Waals surface area contributed by atoms with Crippen molar-refractivity contribution in [2.75, 3.05) is 0 Å². The van der Waals surface area contributed by atoms with E-state index in [1.807, 2.05) is 6.92 Å². The molecular weight excluding hydrogens is 364 g/mol. The molecule has 0 amide bonds. The molecule has 2 heterocycles. The van der Waals surface area contributed by atoms with Crippen molar-refractivity contribution in [1.82, 2.24) is 14.5 Å². The molecule has 0 bridgehead atoms. The van der Waals surface area contributed by atoms with Crippen LogP contribution < -0.4 is 0 Å². The molecule has 0 aliphatic rings. The summed E-state index contributed by atoms with van der Waals surface area (Å²) in [4.78, 5) is 8.59. The van der Waals surface area contributed by atoms with E-state index >= 15 is 0 Å². The number of hydrogen-bond acceptors (Lipinski definition) is 2. The van der Waals surface area contributed by atoms with E-state index in [4.69, 9.17) is 11.6 Å². The van der Waals surface area contributed by atoms with E-state index in [0.717, 1.165) is 17.7 Å². The van der Waals surface area contributed by atoms with Crippen LogP contribution in [0, 0.1) is 18.6 Å². The monoisotopic (exact) mass is 371 g/mol. The summed E-state index contributed by atoms with van der Waals surface area (Å²) in [6, 6.07) is 3.97. The minimum atomic E-state index is -0.586. The van der Waals surface area contributed by atoms with Crippen LogP contribution in [0.2, 0.25) is 0 Å². The van der Waals surface area contributed by atoms with Crippen molar-refractivity contribution in [1.29, 1.82) is 0 Å². The van der Waals surface area contributed by atoms with Crippen molar-refractivity contribution >= 4 is 38.7 Å². The third kappa shape index (κ3) is 2.32. The number of alkyl halides is 1. The van der Waals surface area contributed by atoms with E-state index in [1.54, 1.807) is 12.3 Å². The van der Waals surface area contributed by atoms with Gasteiger partial charge in [0.1, 0.15) is 23.0 Å². The molecule has 2 aromatic heterocycles. The van der Waals surface area contributed by atoms with Crippen LogP contribution in [0.5, 0.6) is 0 Å². The van der Waals surface area contributed by atoms with Gasteiger partial charge >= 0.3 is 0 Å². The van der Waals surface area contributed by atoms with Crippen LogP contribution in [0.25, 0.3) is 16.9 Å².